The number of anilines is 1. The van der Waals surface area contributed by atoms with Crippen molar-refractivity contribution in [3.8, 4) is 0 Å². The summed E-state index contributed by atoms with van der Waals surface area (Å²) in [5.74, 6) is -1.45. The molecule has 8 heteroatoms. The highest BCUT2D eigenvalue weighted by molar-refractivity contribution is 6.09. The molecule has 0 radical (unpaired) electrons. The first-order valence-electron chi connectivity index (χ1n) is 9.97. The van der Waals surface area contributed by atoms with E-state index in [0.29, 0.717) is 18.5 Å². The molecule has 0 aromatic heterocycles. The van der Waals surface area contributed by atoms with Crippen LogP contribution in [0.1, 0.15) is 57.9 Å². The van der Waals surface area contributed by atoms with Gasteiger partial charge in [0.25, 0.3) is 11.8 Å². The number of carbonyl (C=O) groups excluding carboxylic acids is 4. The molecule has 3 rings (SSSR count). The van der Waals surface area contributed by atoms with Gasteiger partial charge in [0.1, 0.15) is 12.1 Å². The fourth-order valence-corrected chi connectivity index (χ4v) is 3.90. The summed E-state index contributed by atoms with van der Waals surface area (Å²) in [4.78, 5) is 50.3. The van der Waals surface area contributed by atoms with Gasteiger partial charge in [-0.25, -0.2) is 4.79 Å². The Bertz CT molecular complexity index is 829. The number of rotatable bonds is 6. The first-order chi connectivity index (χ1) is 13.7. The van der Waals surface area contributed by atoms with Crippen molar-refractivity contribution < 1.29 is 23.9 Å². The maximum atomic E-state index is 12.6. The zero-order valence-electron chi connectivity index (χ0n) is 17.0. The highest BCUT2D eigenvalue weighted by atomic mass is 16.5. The zero-order chi connectivity index (χ0) is 21.2. The molecular formula is C21H27N3O5. The molecule has 1 saturated carbocycles. The summed E-state index contributed by atoms with van der Waals surface area (Å²) in [6.07, 6.45) is 1.82. The van der Waals surface area contributed by atoms with Gasteiger partial charge < -0.3 is 15.4 Å². The average molecular weight is 401 g/mol. The summed E-state index contributed by atoms with van der Waals surface area (Å²) in [5.41, 5.74) is 0.759. The molecule has 1 aromatic carbocycles. The van der Waals surface area contributed by atoms with Gasteiger partial charge in [-0.15, -0.1) is 0 Å². The Labute approximate surface area is 170 Å². The minimum Gasteiger partial charge on any atom is -0.451 e. The number of imide groups is 1. The lowest BCUT2D eigenvalue weighted by Crippen LogP contribution is -2.44. The van der Waals surface area contributed by atoms with Gasteiger partial charge in [0.2, 0.25) is 0 Å². The van der Waals surface area contributed by atoms with Gasteiger partial charge in [-0.3, -0.25) is 19.3 Å². The molecule has 1 atom stereocenters. The number of hydrogen-bond acceptors (Lipinski definition) is 5. The molecule has 156 valence electrons. The van der Waals surface area contributed by atoms with Gasteiger partial charge >= 0.3 is 12.0 Å². The molecular weight excluding hydrogens is 374 g/mol. The molecule has 1 spiro atoms. The first kappa shape index (κ1) is 20.8. The number of para-hydroxylation sites is 1. The highest BCUT2D eigenvalue weighted by Gasteiger charge is 2.52. The van der Waals surface area contributed by atoms with E-state index in [2.05, 4.69) is 10.6 Å². The van der Waals surface area contributed by atoms with Crippen LogP contribution >= 0.6 is 0 Å². The summed E-state index contributed by atoms with van der Waals surface area (Å²) in [7, 11) is 0. The van der Waals surface area contributed by atoms with Gasteiger partial charge in [-0.1, -0.05) is 44.9 Å². The van der Waals surface area contributed by atoms with Crippen LogP contribution in [0.2, 0.25) is 0 Å². The molecule has 8 nitrogen and oxygen atoms in total. The summed E-state index contributed by atoms with van der Waals surface area (Å²) >= 11 is 0. The van der Waals surface area contributed by atoms with E-state index in [4.69, 9.17) is 4.74 Å². The van der Waals surface area contributed by atoms with Crippen LogP contribution < -0.4 is 10.6 Å². The smallest absolute Gasteiger partial charge is 0.327 e. The Morgan fingerprint density at radius 3 is 2.48 bits per heavy atom. The third kappa shape index (κ3) is 4.26. The Kier molecular flexibility index (Phi) is 5.91. The quantitative estimate of drug-likeness (QED) is 0.563. The average Bonchev–Trinajstić information content (AvgIpc) is 3.22. The Morgan fingerprint density at radius 2 is 1.83 bits per heavy atom. The van der Waals surface area contributed by atoms with Gasteiger partial charge in [-0.05, 0) is 37.3 Å². The van der Waals surface area contributed by atoms with Crippen molar-refractivity contribution in [2.45, 2.75) is 64.0 Å². The number of esters is 1. The van der Waals surface area contributed by atoms with Crippen molar-refractivity contribution in [2.75, 3.05) is 11.9 Å². The van der Waals surface area contributed by atoms with E-state index in [0.717, 1.165) is 23.3 Å². The molecule has 2 fully saturated rings. The predicted octanol–water partition coefficient (Wildman–Crippen LogP) is 2.54. The fourth-order valence-electron chi connectivity index (χ4n) is 3.90. The molecule has 4 amide bonds. The van der Waals surface area contributed by atoms with E-state index in [1.54, 1.807) is 6.07 Å². The first-order valence-corrected chi connectivity index (χ1v) is 9.97. The van der Waals surface area contributed by atoms with E-state index in [-0.39, 0.29) is 11.8 Å². The number of ether oxygens (including phenoxy) is 1. The van der Waals surface area contributed by atoms with Crippen molar-refractivity contribution in [2.24, 2.45) is 0 Å². The minimum absolute atomic E-state index is 0.215. The minimum atomic E-state index is -1.07. The van der Waals surface area contributed by atoms with Crippen LogP contribution in [0.5, 0.6) is 0 Å². The van der Waals surface area contributed by atoms with Crippen LogP contribution in [-0.2, 0) is 19.1 Å². The van der Waals surface area contributed by atoms with E-state index < -0.39 is 36.1 Å². The van der Waals surface area contributed by atoms with Gasteiger partial charge in [0.15, 0.2) is 6.10 Å². The fraction of sp³-hybridized carbons (Fsp3) is 0.524. The number of nitrogens with one attached hydrogen (secondary N) is 2. The van der Waals surface area contributed by atoms with Gasteiger partial charge in [0, 0.05) is 5.69 Å². The summed E-state index contributed by atoms with van der Waals surface area (Å²) < 4.78 is 5.17. The molecule has 1 aliphatic carbocycles. The molecule has 1 aromatic rings. The molecule has 0 unspecified atom stereocenters. The van der Waals surface area contributed by atoms with Gasteiger partial charge in [-0.2, -0.15) is 0 Å². The molecule has 29 heavy (non-hydrogen) atoms. The number of benzene rings is 1. The van der Waals surface area contributed by atoms with E-state index in [1.807, 2.05) is 32.0 Å². The van der Waals surface area contributed by atoms with E-state index in [9.17, 15) is 19.2 Å². The van der Waals surface area contributed by atoms with Crippen molar-refractivity contribution in [1.82, 2.24) is 10.2 Å². The van der Waals surface area contributed by atoms with Crippen molar-refractivity contribution in [1.29, 1.82) is 0 Å². The topological polar surface area (TPSA) is 105 Å². The summed E-state index contributed by atoms with van der Waals surface area (Å²) in [5, 5.41) is 5.48. The van der Waals surface area contributed by atoms with Crippen LogP contribution in [0.4, 0.5) is 10.5 Å². The Morgan fingerprint density at radius 1 is 1.17 bits per heavy atom. The second kappa shape index (κ2) is 8.23. The van der Waals surface area contributed by atoms with Crippen molar-refractivity contribution >= 4 is 29.5 Å². The molecule has 1 aliphatic heterocycles. The number of nitrogens with zero attached hydrogens (tertiary/aromatic N) is 1. The lowest BCUT2D eigenvalue weighted by molar-refractivity contribution is -0.155. The molecule has 1 saturated heterocycles. The molecule has 0 bridgehead atoms. The van der Waals surface area contributed by atoms with E-state index in [1.165, 1.54) is 6.92 Å². The number of carbonyl (C=O) groups is 4. The largest absolute Gasteiger partial charge is 0.451 e. The third-order valence-electron chi connectivity index (χ3n) is 5.51. The van der Waals surface area contributed by atoms with Crippen LogP contribution in [0.25, 0.3) is 0 Å². The summed E-state index contributed by atoms with van der Waals surface area (Å²) in [6.45, 7) is 4.98. The van der Waals surface area contributed by atoms with E-state index >= 15 is 0 Å². The normalized spacial score (nSPS) is 18.8. The molecule has 1 heterocycles. The molecule has 2 N–H and O–H groups in total. The number of urea groups is 1. The van der Waals surface area contributed by atoms with Crippen LogP contribution in [0, 0.1) is 0 Å². The Balaban J connectivity index is 1.57. The van der Waals surface area contributed by atoms with Crippen LogP contribution in [0.3, 0.4) is 0 Å². The van der Waals surface area contributed by atoms with Crippen molar-refractivity contribution in [3.05, 3.63) is 29.8 Å². The number of amides is 4. The summed E-state index contributed by atoms with van der Waals surface area (Å²) in [6, 6.07) is 6.83. The SMILES string of the molecule is CC(C)c1ccccc1NC(=O)[C@H](C)OC(=O)CN1C(=O)NC2(CCCC2)C1=O. The number of hydrogen-bond donors (Lipinski definition) is 2. The maximum Gasteiger partial charge on any atom is 0.327 e. The third-order valence-corrected chi connectivity index (χ3v) is 5.51. The van der Waals surface area contributed by atoms with Crippen LogP contribution in [0.15, 0.2) is 24.3 Å². The van der Waals surface area contributed by atoms with Crippen LogP contribution in [-0.4, -0.2) is 46.9 Å². The maximum absolute atomic E-state index is 12.6. The lowest BCUT2D eigenvalue weighted by Gasteiger charge is -2.20. The second-order valence-corrected chi connectivity index (χ2v) is 7.97. The monoisotopic (exact) mass is 401 g/mol. The Hall–Kier alpha value is -2.90. The zero-order valence-corrected chi connectivity index (χ0v) is 17.0. The molecule has 2 aliphatic rings. The van der Waals surface area contributed by atoms with Crippen molar-refractivity contribution in [3.63, 3.8) is 0 Å². The predicted molar refractivity (Wildman–Crippen MR) is 106 cm³/mol. The second-order valence-electron chi connectivity index (χ2n) is 7.97. The van der Waals surface area contributed by atoms with Gasteiger partial charge in [0.05, 0.1) is 0 Å². The highest BCUT2D eigenvalue weighted by Crippen LogP contribution is 2.35. The standard InChI is InChI=1S/C21H27N3O5/c1-13(2)15-8-4-5-9-16(15)22-18(26)14(3)29-17(25)12-24-19(27)21(23-20(24)28)10-6-7-11-21/h4-5,8-9,13-14H,6-7,10-12H2,1-3H3,(H,22,26)(H,23,28)/t14-/m0/s1. The lowest BCUT2D eigenvalue weighted by atomic mass is 9.98.